The number of rotatable bonds is 3. The molecule has 2 N–H and O–H groups in total. The second-order valence-electron chi connectivity index (χ2n) is 5.88. The standard InChI is InChI=1S/C16H24N2O2/c1-11-6-4-5-7-15(11)20-16(19)13-10-12(17)8-9-14(13)18(2)3/h8-11,15H,4-7,17H2,1-3H3. The van der Waals surface area contributed by atoms with Crippen LogP contribution in [0.15, 0.2) is 18.2 Å². The van der Waals surface area contributed by atoms with Crippen LogP contribution in [-0.4, -0.2) is 26.2 Å². The van der Waals surface area contributed by atoms with Gasteiger partial charge in [0.1, 0.15) is 6.10 Å². The Morgan fingerprint density at radius 2 is 2.00 bits per heavy atom. The smallest absolute Gasteiger partial charge is 0.340 e. The largest absolute Gasteiger partial charge is 0.458 e. The van der Waals surface area contributed by atoms with Crippen molar-refractivity contribution in [3.05, 3.63) is 23.8 Å². The molecule has 1 saturated carbocycles. The van der Waals surface area contributed by atoms with Gasteiger partial charge in [0, 0.05) is 19.8 Å². The van der Waals surface area contributed by atoms with E-state index in [1.54, 1.807) is 12.1 Å². The lowest BCUT2D eigenvalue weighted by Gasteiger charge is -2.29. The molecule has 1 fully saturated rings. The molecule has 2 rings (SSSR count). The summed E-state index contributed by atoms with van der Waals surface area (Å²) in [7, 11) is 3.82. The van der Waals surface area contributed by atoms with Gasteiger partial charge in [-0.1, -0.05) is 13.3 Å². The van der Waals surface area contributed by atoms with Gasteiger partial charge in [0.2, 0.25) is 0 Å². The highest BCUT2D eigenvalue weighted by Gasteiger charge is 2.26. The van der Waals surface area contributed by atoms with E-state index in [4.69, 9.17) is 10.5 Å². The zero-order chi connectivity index (χ0) is 14.7. The van der Waals surface area contributed by atoms with Gasteiger partial charge in [-0.05, 0) is 43.4 Å². The Kier molecular flexibility index (Phi) is 4.53. The number of ether oxygens (including phenoxy) is 1. The normalized spacial score (nSPS) is 22.4. The van der Waals surface area contributed by atoms with Gasteiger partial charge in [0.15, 0.2) is 0 Å². The number of nitrogens with zero attached hydrogens (tertiary/aromatic N) is 1. The molecule has 4 heteroatoms. The summed E-state index contributed by atoms with van der Waals surface area (Å²) in [4.78, 5) is 14.3. The quantitative estimate of drug-likeness (QED) is 0.681. The number of anilines is 2. The van der Waals surface area contributed by atoms with E-state index in [-0.39, 0.29) is 12.1 Å². The highest BCUT2D eigenvalue weighted by molar-refractivity contribution is 5.97. The zero-order valence-electron chi connectivity index (χ0n) is 12.6. The number of hydrogen-bond donors (Lipinski definition) is 1. The van der Waals surface area contributed by atoms with Crippen LogP contribution in [0.2, 0.25) is 0 Å². The van der Waals surface area contributed by atoms with E-state index in [2.05, 4.69) is 6.92 Å². The number of carbonyl (C=O) groups excluding carboxylic acids is 1. The van der Waals surface area contributed by atoms with Gasteiger partial charge in [-0.25, -0.2) is 4.79 Å². The monoisotopic (exact) mass is 276 g/mol. The molecule has 110 valence electrons. The first-order valence-electron chi connectivity index (χ1n) is 7.27. The van der Waals surface area contributed by atoms with Crippen molar-refractivity contribution in [2.75, 3.05) is 24.7 Å². The highest BCUT2D eigenvalue weighted by Crippen LogP contribution is 2.29. The van der Waals surface area contributed by atoms with Crippen LogP contribution in [0.25, 0.3) is 0 Å². The fourth-order valence-corrected chi connectivity index (χ4v) is 2.77. The van der Waals surface area contributed by atoms with Crippen molar-refractivity contribution >= 4 is 17.3 Å². The Hall–Kier alpha value is -1.71. The van der Waals surface area contributed by atoms with E-state index in [0.717, 1.165) is 24.9 Å². The van der Waals surface area contributed by atoms with Gasteiger partial charge in [0.05, 0.1) is 11.3 Å². The maximum absolute atomic E-state index is 12.4. The Morgan fingerprint density at radius 3 is 2.65 bits per heavy atom. The van der Waals surface area contributed by atoms with Crippen molar-refractivity contribution in [1.29, 1.82) is 0 Å². The molecule has 1 aliphatic carbocycles. The highest BCUT2D eigenvalue weighted by atomic mass is 16.5. The van der Waals surface area contributed by atoms with Gasteiger partial charge in [-0.2, -0.15) is 0 Å². The summed E-state index contributed by atoms with van der Waals surface area (Å²) in [6, 6.07) is 5.36. The molecule has 1 aromatic rings. The third kappa shape index (κ3) is 3.24. The fourth-order valence-electron chi connectivity index (χ4n) is 2.77. The predicted octanol–water partition coefficient (Wildman–Crippen LogP) is 3.07. The van der Waals surface area contributed by atoms with Crippen molar-refractivity contribution in [3.63, 3.8) is 0 Å². The number of carbonyl (C=O) groups is 1. The summed E-state index contributed by atoms with van der Waals surface area (Å²) in [6.45, 7) is 2.16. The first-order valence-corrected chi connectivity index (χ1v) is 7.27. The molecule has 0 aliphatic heterocycles. The van der Waals surface area contributed by atoms with Crippen molar-refractivity contribution < 1.29 is 9.53 Å². The first kappa shape index (κ1) is 14.7. The molecule has 1 aliphatic rings. The van der Waals surface area contributed by atoms with E-state index >= 15 is 0 Å². The molecule has 2 unspecified atom stereocenters. The average molecular weight is 276 g/mol. The molecular weight excluding hydrogens is 252 g/mol. The minimum atomic E-state index is -0.264. The Balaban J connectivity index is 2.18. The van der Waals surface area contributed by atoms with Crippen molar-refractivity contribution in [1.82, 2.24) is 0 Å². The molecule has 0 spiro atoms. The third-order valence-electron chi connectivity index (χ3n) is 4.01. The van der Waals surface area contributed by atoms with E-state index in [1.165, 1.54) is 6.42 Å². The number of nitrogen functional groups attached to an aromatic ring is 1. The van der Waals surface area contributed by atoms with E-state index in [1.807, 2.05) is 25.1 Å². The topological polar surface area (TPSA) is 55.6 Å². The summed E-state index contributed by atoms with van der Waals surface area (Å²) in [5, 5.41) is 0. The Bertz CT molecular complexity index is 485. The molecule has 4 nitrogen and oxygen atoms in total. The van der Waals surface area contributed by atoms with Crippen LogP contribution < -0.4 is 10.6 Å². The number of esters is 1. The molecule has 20 heavy (non-hydrogen) atoms. The molecule has 2 atom stereocenters. The van der Waals surface area contributed by atoms with Crippen LogP contribution in [0.3, 0.4) is 0 Å². The van der Waals surface area contributed by atoms with Gasteiger partial charge < -0.3 is 15.4 Å². The minimum Gasteiger partial charge on any atom is -0.458 e. The number of nitrogens with two attached hydrogens (primary N) is 1. The molecule has 1 aromatic carbocycles. The van der Waals surface area contributed by atoms with Gasteiger partial charge in [-0.3, -0.25) is 0 Å². The predicted molar refractivity (Wildman–Crippen MR) is 82.0 cm³/mol. The second kappa shape index (κ2) is 6.16. The Labute approximate surface area is 120 Å². The lowest BCUT2D eigenvalue weighted by molar-refractivity contribution is 0.00489. The van der Waals surface area contributed by atoms with E-state index in [0.29, 0.717) is 17.2 Å². The minimum absolute atomic E-state index is 0.0349. The number of benzene rings is 1. The summed E-state index contributed by atoms with van der Waals surface area (Å²) >= 11 is 0. The molecule has 0 bridgehead atoms. The Morgan fingerprint density at radius 1 is 1.30 bits per heavy atom. The van der Waals surface area contributed by atoms with Crippen molar-refractivity contribution in [2.45, 2.75) is 38.7 Å². The lowest BCUT2D eigenvalue weighted by atomic mass is 9.88. The fraction of sp³-hybridized carbons (Fsp3) is 0.562. The van der Waals surface area contributed by atoms with Crippen LogP contribution in [0.4, 0.5) is 11.4 Å². The van der Waals surface area contributed by atoms with Crippen LogP contribution in [-0.2, 0) is 4.74 Å². The van der Waals surface area contributed by atoms with Crippen LogP contribution in [0, 0.1) is 5.92 Å². The molecule has 0 saturated heterocycles. The zero-order valence-corrected chi connectivity index (χ0v) is 12.6. The third-order valence-corrected chi connectivity index (χ3v) is 4.01. The van der Waals surface area contributed by atoms with Crippen molar-refractivity contribution in [3.8, 4) is 0 Å². The van der Waals surface area contributed by atoms with Crippen LogP contribution >= 0.6 is 0 Å². The molecule has 0 amide bonds. The van der Waals surface area contributed by atoms with Crippen molar-refractivity contribution in [2.24, 2.45) is 5.92 Å². The van der Waals surface area contributed by atoms with Gasteiger partial charge in [0.25, 0.3) is 0 Å². The maximum Gasteiger partial charge on any atom is 0.340 e. The van der Waals surface area contributed by atoms with Gasteiger partial charge >= 0.3 is 5.97 Å². The van der Waals surface area contributed by atoms with Crippen LogP contribution in [0.5, 0.6) is 0 Å². The SMILES string of the molecule is CC1CCCCC1OC(=O)c1cc(N)ccc1N(C)C. The summed E-state index contributed by atoms with van der Waals surface area (Å²) in [5.41, 5.74) is 7.77. The second-order valence-corrected chi connectivity index (χ2v) is 5.88. The van der Waals surface area contributed by atoms with E-state index < -0.39 is 0 Å². The first-order chi connectivity index (χ1) is 9.49. The molecule has 0 aromatic heterocycles. The number of hydrogen-bond acceptors (Lipinski definition) is 4. The summed E-state index contributed by atoms with van der Waals surface area (Å²) < 4.78 is 5.71. The van der Waals surface area contributed by atoms with Gasteiger partial charge in [-0.15, -0.1) is 0 Å². The average Bonchev–Trinajstić information content (AvgIpc) is 2.40. The summed E-state index contributed by atoms with van der Waals surface area (Å²) in [5.74, 6) is 0.177. The summed E-state index contributed by atoms with van der Waals surface area (Å²) in [6.07, 6.45) is 4.51. The van der Waals surface area contributed by atoms with E-state index in [9.17, 15) is 4.79 Å². The van der Waals surface area contributed by atoms with Crippen LogP contribution in [0.1, 0.15) is 43.0 Å². The lowest BCUT2D eigenvalue weighted by Crippen LogP contribution is -2.29. The maximum atomic E-state index is 12.4. The molecule has 0 heterocycles. The molecular formula is C16H24N2O2. The molecule has 0 radical (unpaired) electrons.